The topological polar surface area (TPSA) is 134 Å². The molecule has 28 heavy (non-hydrogen) atoms. The van der Waals surface area contributed by atoms with Gasteiger partial charge in [0, 0.05) is 18.9 Å². The molecule has 1 aliphatic heterocycles. The first-order chi connectivity index (χ1) is 13.4. The van der Waals surface area contributed by atoms with Crippen molar-refractivity contribution < 1.29 is 23.5 Å². The Bertz CT molecular complexity index is 863. The minimum Gasteiger partial charge on any atom is -0.490 e. The van der Waals surface area contributed by atoms with Crippen molar-refractivity contribution >= 4 is 17.6 Å². The van der Waals surface area contributed by atoms with Crippen LogP contribution in [-0.4, -0.2) is 58.6 Å². The van der Waals surface area contributed by atoms with Gasteiger partial charge in [-0.1, -0.05) is 0 Å². The zero-order valence-corrected chi connectivity index (χ0v) is 15.0. The lowest BCUT2D eigenvalue weighted by atomic mass is 9.97. The Morgan fingerprint density at radius 3 is 2.64 bits per heavy atom. The van der Waals surface area contributed by atoms with E-state index in [1.165, 1.54) is 41.6 Å². The third-order valence-corrected chi connectivity index (χ3v) is 4.28. The van der Waals surface area contributed by atoms with Crippen LogP contribution in [-0.2, 0) is 9.53 Å². The SMILES string of the molecule is NC(=O)C[C@@]1(COc2ccc(F)cc2)CN(C(=O)c2nccnc2N)CCO1. The summed E-state index contributed by atoms with van der Waals surface area (Å²) in [7, 11) is 0. The molecule has 10 heteroatoms. The van der Waals surface area contributed by atoms with Crippen molar-refractivity contribution in [3.63, 3.8) is 0 Å². The van der Waals surface area contributed by atoms with E-state index in [9.17, 15) is 14.0 Å². The van der Waals surface area contributed by atoms with Gasteiger partial charge in [-0.15, -0.1) is 0 Å². The number of nitrogen functional groups attached to an aromatic ring is 1. The highest BCUT2D eigenvalue weighted by molar-refractivity contribution is 5.96. The van der Waals surface area contributed by atoms with Crippen molar-refractivity contribution in [1.29, 1.82) is 0 Å². The summed E-state index contributed by atoms with van der Waals surface area (Å²) < 4.78 is 24.5. The largest absolute Gasteiger partial charge is 0.490 e. The minimum absolute atomic E-state index is 0.0158. The van der Waals surface area contributed by atoms with Crippen molar-refractivity contribution in [3.05, 3.63) is 48.2 Å². The molecule has 1 atom stereocenters. The maximum atomic E-state index is 13.1. The Hall–Kier alpha value is -3.27. The van der Waals surface area contributed by atoms with E-state index in [2.05, 4.69) is 9.97 Å². The van der Waals surface area contributed by atoms with Crippen LogP contribution in [0.4, 0.5) is 10.2 Å². The molecule has 1 fully saturated rings. The van der Waals surface area contributed by atoms with Gasteiger partial charge in [-0.05, 0) is 24.3 Å². The molecule has 1 aromatic heterocycles. The van der Waals surface area contributed by atoms with Crippen molar-refractivity contribution in [1.82, 2.24) is 14.9 Å². The number of anilines is 1. The van der Waals surface area contributed by atoms with Gasteiger partial charge >= 0.3 is 0 Å². The number of nitrogens with two attached hydrogens (primary N) is 2. The summed E-state index contributed by atoms with van der Waals surface area (Å²) in [6.07, 6.45) is 2.60. The Kier molecular flexibility index (Phi) is 5.69. The fourth-order valence-electron chi connectivity index (χ4n) is 2.99. The second kappa shape index (κ2) is 8.17. The number of aromatic nitrogens is 2. The minimum atomic E-state index is -1.15. The van der Waals surface area contributed by atoms with Gasteiger partial charge in [0.05, 0.1) is 19.6 Å². The number of amides is 2. The van der Waals surface area contributed by atoms with Crippen LogP contribution in [0.5, 0.6) is 5.75 Å². The third-order valence-electron chi connectivity index (χ3n) is 4.28. The molecular formula is C18H20FN5O4. The second-order valence-electron chi connectivity index (χ2n) is 6.43. The molecule has 9 nitrogen and oxygen atoms in total. The summed E-state index contributed by atoms with van der Waals surface area (Å²) in [6.45, 7) is 0.450. The number of hydrogen-bond donors (Lipinski definition) is 2. The predicted octanol–water partition coefficient (Wildman–Crippen LogP) is 0.363. The first kappa shape index (κ1) is 19.5. The van der Waals surface area contributed by atoms with E-state index in [0.717, 1.165) is 0 Å². The van der Waals surface area contributed by atoms with Gasteiger partial charge in [0.15, 0.2) is 11.5 Å². The summed E-state index contributed by atoms with van der Waals surface area (Å²) in [5.41, 5.74) is 10.0. The Morgan fingerprint density at radius 1 is 1.25 bits per heavy atom. The molecule has 148 valence electrons. The highest BCUT2D eigenvalue weighted by atomic mass is 19.1. The molecule has 0 aliphatic carbocycles. The molecule has 0 radical (unpaired) electrons. The molecule has 0 spiro atoms. The smallest absolute Gasteiger partial charge is 0.276 e. The van der Waals surface area contributed by atoms with E-state index in [4.69, 9.17) is 20.9 Å². The summed E-state index contributed by atoms with van der Waals surface area (Å²) in [6, 6.07) is 5.42. The number of rotatable bonds is 6. The van der Waals surface area contributed by atoms with E-state index in [0.29, 0.717) is 5.75 Å². The van der Waals surface area contributed by atoms with E-state index in [1.807, 2.05) is 0 Å². The Labute approximate surface area is 160 Å². The second-order valence-corrected chi connectivity index (χ2v) is 6.43. The van der Waals surface area contributed by atoms with Crippen LogP contribution in [0.15, 0.2) is 36.7 Å². The van der Waals surface area contributed by atoms with Gasteiger partial charge in [-0.3, -0.25) is 9.59 Å². The Balaban J connectivity index is 1.77. The van der Waals surface area contributed by atoms with Gasteiger partial charge in [-0.25, -0.2) is 14.4 Å². The number of halogens is 1. The number of carbonyl (C=O) groups excluding carboxylic acids is 2. The predicted molar refractivity (Wildman–Crippen MR) is 96.7 cm³/mol. The van der Waals surface area contributed by atoms with E-state index in [1.54, 1.807) is 0 Å². The number of ether oxygens (including phenoxy) is 2. The maximum absolute atomic E-state index is 13.1. The molecule has 0 saturated carbocycles. The number of carbonyl (C=O) groups is 2. The average molecular weight is 389 g/mol. The highest BCUT2D eigenvalue weighted by Gasteiger charge is 2.41. The first-order valence-electron chi connectivity index (χ1n) is 8.55. The molecular weight excluding hydrogens is 369 g/mol. The van der Waals surface area contributed by atoms with Crippen molar-refractivity contribution in [3.8, 4) is 5.75 Å². The van der Waals surface area contributed by atoms with E-state index in [-0.39, 0.29) is 44.2 Å². The molecule has 1 saturated heterocycles. The molecule has 2 heterocycles. The summed E-state index contributed by atoms with van der Waals surface area (Å²) in [5, 5.41) is 0. The van der Waals surface area contributed by atoms with Crippen LogP contribution in [0.2, 0.25) is 0 Å². The molecule has 1 aliphatic rings. The lowest BCUT2D eigenvalue weighted by Gasteiger charge is -2.41. The highest BCUT2D eigenvalue weighted by Crippen LogP contribution is 2.25. The molecule has 1 aromatic carbocycles. The van der Waals surface area contributed by atoms with Gasteiger partial charge in [0.25, 0.3) is 5.91 Å². The van der Waals surface area contributed by atoms with Gasteiger partial charge in [-0.2, -0.15) is 0 Å². The first-order valence-corrected chi connectivity index (χ1v) is 8.55. The van der Waals surface area contributed by atoms with E-state index < -0.39 is 23.2 Å². The average Bonchev–Trinajstić information content (AvgIpc) is 2.67. The molecule has 3 rings (SSSR count). The number of morpholine rings is 1. The molecule has 0 unspecified atom stereocenters. The summed E-state index contributed by atoms with van der Waals surface area (Å²) in [5.74, 6) is -1.01. The van der Waals surface area contributed by atoms with Crippen LogP contribution in [0.3, 0.4) is 0 Å². The van der Waals surface area contributed by atoms with Gasteiger partial charge in [0.2, 0.25) is 5.91 Å². The number of nitrogens with zero attached hydrogens (tertiary/aromatic N) is 3. The van der Waals surface area contributed by atoms with Gasteiger partial charge < -0.3 is 25.8 Å². The third kappa shape index (κ3) is 4.52. The van der Waals surface area contributed by atoms with Crippen LogP contribution in [0.1, 0.15) is 16.9 Å². The van der Waals surface area contributed by atoms with Crippen molar-refractivity contribution in [2.45, 2.75) is 12.0 Å². The fraction of sp³-hybridized carbons (Fsp3) is 0.333. The fourth-order valence-corrected chi connectivity index (χ4v) is 2.99. The lowest BCUT2D eigenvalue weighted by Crippen LogP contribution is -2.58. The monoisotopic (exact) mass is 389 g/mol. The summed E-state index contributed by atoms with van der Waals surface area (Å²) in [4.78, 5) is 33.7. The van der Waals surface area contributed by atoms with E-state index >= 15 is 0 Å². The molecule has 2 aromatic rings. The van der Waals surface area contributed by atoms with Crippen LogP contribution >= 0.6 is 0 Å². The maximum Gasteiger partial charge on any atom is 0.276 e. The van der Waals surface area contributed by atoms with Crippen molar-refractivity contribution in [2.24, 2.45) is 5.73 Å². The lowest BCUT2D eigenvalue weighted by molar-refractivity contribution is -0.142. The summed E-state index contributed by atoms with van der Waals surface area (Å²) >= 11 is 0. The standard InChI is InChI=1S/C18H20FN5O4/c19-12-1-3-13(4-2-12)27-11-18(9-14(20)25)10-24(7-8-28-18)17(26)15-16(21)23-6-5-22-15/h1-6H,7-11H2,(H2,20,25)(H2,21,23)/t18-/m0/s1. The Morgan fingerprint density at radius 2 is 1.96 bits per heavy atom. The number of hydrogen-bond acceptors (Lipinski definition) is 7. The van der Waals surface area contributed by atoms with Crippen LogP contribution < -0.4 is 16.2 Å². The van der Waals surface area contributed by atoms with Crippen LogP contribution in [0.25, 0.3) is 0 Å². The quantitative estimate of drug-likeness (QED) is 0.729. The van der Waals surface area contributed by atoms with Crippen molar-refractivity contribution in [2.75, 3.05) is 32.0 Å². The number of benzene rings is 1. The number of primary amides is 1. The zero-order valence-electron chi connectivity index (χ0n) is 15.0. The molecule has 2 amide bonds. The van der Waals surface area contributed by atoms with Crippen LogP contribution in [0, 0.1) is 5.82 Å². The van der Waals surface area contributed by atoms with Gasteiger partial charge in [0.1, 0.15) is 23.8 Å². The normalized spacial score (nSPS) is 19.2. The molecule has 4 N–H and O–H groups in total. The zero-order chi connectivity index (χ0) is 20.1. The molecule has 0 bridgehead atoms.